The lowest BCUT2D eigenvalue weighted by Gasteiger charge is -2.15. The average molecular weight is 448 g/mol. The summed E-state index contributed by atoms with van der Waals surface area (Å²) in [6, 6.07) is 11.2. The molecule has 1 aliphatic heterocycles. The van der Waals surface area contributed by atoms with Gasteiger partial charge in [-0.3, -0.25) is 4.79 Å². The minimum atomic E-state index is -2.96. The van der Waals surface area contributed by atoms with E-state index in [0.717, 1.165) is 0 Å². The van der Waals surface area contributed by atoms with Crippen LogP contribution in [-0.4, -0.2) is 50.3 Å². The molecule has 1 atom stereocenters. The number of alkyl halides is 2. The molecule has 0 saturated carbocycles. The molecule has 1 aliphatic rings. The highest BCUT2D eigenvalue weighted by atomic mass is 19.3. The van der Waals surface area contributed by atoms with Crippen molar-refractivity contribution in [3.05, 3.63) is 53.6 Å². The van der Waals surface area contributed by atoms with Gasteiger partial charge in [0.2, 0.25) is 5.90 Å². The second-order valence-corrected chi connectivity index (χ2v) is 7.24. The summed E-state index contributed by atoms with van der Waals surface area (Å²) >= 11 is 0. The number of carbonyl (C=O) groups is 1. The maximum Gasteiger partial charge on any atom is 0.387 e. The lowest BCUT2D eigenvalue weighted by atomic mass is 10.2. The van der Waals surface area contributed by atoms with E-state index in [0.29, 0.717) is 29.4 Å². The molecule has 2 aromatic rings. The predicted octanol–water partition coefficient (Wildman–Crippen LogP) is 4.05. The van der Waals surface area contributed by atoms with Crippen LogP contribution < -0.4 is 19.5 Å². The average Bonchev–Trinajstić information content (AvgIpc) is 3.22. The van der Waals surface area contributed by atoms with Crippen LogP contribution in [0, 0.1) is 0 Å². The van der Waals surface area contributed by atoms with E-state index in [-0.39, 0.29) is 42.7 Å². The summed E-state index contributed by atoms with van der Waals surface area (Å²) in [5.74, 6) is 0.708. The van der Waals surface area contributed by atoms with Gasteiger partial charge in [0, 0.05) is 12.1 Å². The van der Waals surface area contributed by atoms with Gasteiger partial charge in [0.15, 0.2) is 11.5 Å². The normalized spacial score (nSPS) is 15.3. The van der Waals surface area contributed by atoms with Crippen LogP contribution in [0.15, 0.2) is 47.5 Å². The molecule has 3 rings (SSSR count). The number of nitrogens with zero attached hydrogens (tertiary/aromatic N) is 1. The standard InChI is InChI=1S/C23H26F2N2O5/c1-4-29-18-8-6-5-7-17(18)21(28)26-12-16-13-30-22(27-16)15-9-10-19(32-23(24)25)20(11-15)31-14(2)3/h5-11,14,16,23H,4,12-13H2,1-3H3,(H,26,28). The van der Waals surface area contributed by atoms with Gasteiger partial charge < -0.3 is 24.3 Å². The summed E-state index contributed by atoms with van der Waals surface area (Å²) in [5, 5.41) is 2.85. The first-order valence-electron chi connectivity index (χ1n) is 10.3. The van der Waals surface area contributed by atoms with Gasteiger partial charge in [0.1, 0.15) is 18.4 Å². The molecule has 2 aromatic carbocycles. The third kappa shape index (κ3) is 6.09. The van der Waals surface area contributed by atoms with Gasteiger partial charge >= 0.3 is 6.61 Å². The molecule has 0 aliphatic carbocycles. The lowest BCUT2D eigenvalue weighted by Crippen LogP contribution is -2.32. The number of nitrogens with one attached hydrogen (secondary N) is 1. The number of hydrogen-bond acceptors (Lipinski definition) is 6. The fraction of sp³-hybridized carbons (Fsp3) is 0.391. The fourth-order valence-corrected chi connectivity index (χ4v) is 3.10. The van der Waals surface area contributed by atoms with Gasteiger partial charge in [0.05, 0.1) is 18.3 Å². The number of rotatable bonds is 10. The predicted molar refractivity (Wildman–Crippen MR) is 115 cm³/mol. The molecule has 0 spiro atoms. The van der Waals surface area contributed by atoms with Crippen molar-refractivity contribution >= 4 is 11.8 Å². The fourth-order valence-electron chi connectivity index (χ4n) is 3.10. The van der Waals surface area contributed by atoms with Crippen molar-refractivity contribution in [2.75, 3.05) is 19.8 Å². The number of halogens is 2. The van der Waals surface area contributed by atoms with E-state index >= 15 is 0 Å². The highest BCUT2D eigenvalue weighted by molar-refractivity contribution is 5.97. The first kappa shape index (κ1) is 23.3. The molecular formula is C23H26F2N2O5. The van der Waals surface area contributed by atoms with Gasteiger partial charge in [0.25, 0.3) is 5.91 Å². The van der Waals surface area contributed by atoms with E-state index in [1.807, 2.05) is 6.92 Å². The van der Waals surface area contributed by atoms with E-state index in [1.54, 1.807) is 50.2 Å². The smallest absolute Gasteiger partial charge is 0.387 e. The summed E-state index contributed by atoms with van der Waals surface area (Å²) in [5.41, 5.74) is 1.01. The Morgan fingerprint density at radius 1 is 1.16 bits per heavy atom. The molecule has 0 aromatic heterocycles. The Balaban J connectivity index is 1.68. The molecule has 0 radical (unpaired) electrons. The Morgan fingerprint density at radius 2 is 1.94 bits per heavy atom. The van der Waals surface area contributed by atoms with E-state index < -0.39 is 6.61 Å². The Bertz CT molecular complexity index is 965. The Hall–Kier alpha value is -3.36. The maximum absolute atomic E-state index is 12.7. The monoisotopic (exact) mass is 448 g/mol. The number of amides is 1. The quantitative estimate of drug-likeness (QED) is 0.593. The van der Waals surface area contributed by atoms with E-state index in [1.165, 1.54) is 6.07 Å². The van der Waals surface area contributed by atoms with Crippen LogP contribution in [0.2, 0.25) is 0 Å². The topological polar surface area (TPSA) is 78.4 Å². The number of hydrogen-bond donors (Lipinski definition) is 1. The van der Waals surface area contributed by atoms with Gasteiger partial charge in [-0.2, -0.15) is 8.78 Å². The molecule has 32 heavy (non-hydrogen) atoms. The summed E-state index contributed by atoms with van der Waals surface area (Å²) < 4.78 is 46.6. The van der Waals surface area contributed by atoms with Crippen LogP contribution in [0.3, 0.4) is 0 Å². The number of benzene rings is 2. The van der Waals surface area contributed by atoms with Crippen LogP contribution in [0.4, 0.5) is 8.78 Å². The maximum atomic E-state index is 12.7. The molecule has 1 N–H and O–H groups in total. The van der Waals surface area contributed by atoms with Gasteiger partial charge in [-0.15, -0.1) is 0 Å². The van der Waals surface area contributed by atoms with Crippen molar-refractivity contribution in [1.29, 1.82) is 0 Å². The minimum absolute atomic E-state index is 0.0622. The summed E-state index contributed by atoms with van der Waals surface area (Å²) in [4.78, 5) is 17.0. The largest absolute Gasteiger partial charge is 0.493 e. The molecule has 0 bridgehead atoms. The van der Waals surface area contributed by atoms with Crippen LogP contribution in [0.1, 0.15) is 36.7 Å². The third-order valence-corrected chi connectivity index (χ3v) is 4.41. The van der Waals surface area contributed by atoms with Crippen molar-refractivity contribution in [1.82, 2.24) is 5.32 Å². The van der Waals surface area contributed by atoms with Crippen LogP contribution in [0.5, 0.6) is 17.2 Å². The molecule has 172 valence electrons. The van der Waals surface area contributed by atoms with Gasteiger partial charge in [-0.05, 0) is 51.1 Å². The number of carbonyl (C=O) groups excluding carboxylic acids is 1. The molecule has 0 fully saturated rings. The van der Waals surface area contributed by atoms with E-state index in [9.17, 15) is 13.6 Å². The minimum Gasteiger partial charge on any atom is -0.493 e. The summed E-state index contributed by atoms with van der Waals surface area (Å²) in [6.45, 7) is 3.46. The first-order valence-corrected chi connectivity index (χ1v) is 10.3. The van der Waals surface area contributed by atoms with Crippen molar-refractivity contribution < 1.29 is 32.5 Å². The van der Waals surface area contributed by atoms with Gasteiger partial charge in [-0.25, -0.2) is 4.99 Å². The second kappa shape index (κ2) is 10.8. The zero-order valence-electron chi connectivity index (χ0n) is 18.1. The summed E-state index contributed by atoms with van der Waals surface area (Å²) in [6.07, 6.45) is -0.237. The molecule has 1 amide bonds. The molecule has 0 saturated heterocycles. The van der Waals surface area contributed by atoms with Crippen molar-refractivity contribution in [2.45, 2.75) is 39.5 Å². The molecule has 7 nitrogen and oxygen atoms in total. The number of aliphatic imine (C=N–C) groups is 1. The summed E-state index contributed by atoms with van der Waals surface area (Å²) in [7, 11) is 0. The zero-order chi connectivity index (χ0) is 23.1. The number of ether oxygens (including phenoxy) is 4. The molecule has 9 heteroatoms. The number of para-hydroxylation sites is 1. The van der Waals surface area contributed by atoms with Crippen molar-refractivity contribution in [2.24, 2.45) is 4.99 Å². The lowest BCUT2D eigenvalue weighted by molar-refractivity contribution is -0.0519. The highest BCUT2D eigenvalue weighted by Gasteiger charge is 2.23. The van der Waals surface area contributed by atoms with Crippen molar-refractivity contribution in [3.63, 3.8) is 0 Å². The Kier molecular flexibility index (Phi) is 7.86. The highest BCUT2D eigenvalue weighted by Crippen LogP contribution is 2.31. The van der Waals surface area contributed by atoms with E-state index in [4.69, 9.17) is 14.2 Å². The Labute approximate surface area is 185 Å². The SMILES string of the molecule is CCOc1ccccc1C(=O)NCC1COC(c2ccc(OC(F)F)c(OC(C)C)c2)=N1. The molecule has 1 unspecified atom stereocenters. The zero-order valence-corrected chi connectivity index (χ0v) is 18.1. The molecular weight excluding hydrogens is 422 g/mol. The second-order valence-electron chi connectivity index (χ2n) is 7.24. The third-order valence-electron chi connectivity index (χ3n) is 4.41. The van der Waals surface area contributed by atoms with Crippen molar-refractivity contribution in [3.8, 4) is 17.2 Å². The van der Waals surface area contributed by atoms with E-state index in [2.05, 4.69) is 15.0 Å². The first-order chi connectivity index (χ1) is 15.4. The van der Waals surface area contributed by atoms with Crippen LogP contribution in [-0.2, 0) is 4.74 Å². The van der Waals surface area contributed by atoms with Gasteiger partial charge in [-0.1, -0.05) is 12.1 Å². The molecule has 1 heterocycles. The Morgan fingerprint density at radius 3 is 2.66 bits per heavy atom. The van der Waals surface area contributed by atoms with Crippen LogP contribution in [0.25, 0.3) is 0 Å². The van der Waals surface area contributed by atoms with Crippen LogP contribution >= 0.6 is 0 Å².